The average Bonchev–Trinajstić information content (AvgIpc) is 3.18. The predicted octanol–water partition coefficient (Wildman–Crippen LogP) is 2.08. The molecule has 0 aromatic heterocycles. The molecule has 2 aliphatic heterocycles. The number of nitrogens with one attached hydrogen (secondary N) is 1. The van der Waals surface area contributed by atoms with Gasteiger partial charge in [0.25, 0.3) is 0 Å². The van der Waals surface area contributed by atoms with E-state index < -0.39 is 0 Å². The molecule has 3 nitrogen and oxygen atoms in total. The molecule has 3 aliphatic rings. The van der Waals surface area contributed by atoms with E-state index in [9.17, 15) is 0 Å². The SMILES string of the molecule is CCCC(CNC1CC1)N1CCCN2CCCC2C1. The van der Waals surface area contributed by atoms with Gasteiger partial charge in [0.15, 0.2) is 0 Å². The maximum Gasteiger partial charge on any atom is 0.0223 e. The summed E-state index contributed by atoms with van der Waals surface area (Å²) in [7, 11) is 0. The van der Waals surface area contributed by atoms with Gasteiger partial charge in [-0.3, -0.25) is 9.80 Å². The van der Waals surface area contributed by atoms with E-state index in [1.165, 1.54) is 77.7 Å². The van der Waals surface area contributed by atoms with Gasteiger partial charge in [0.1, 0.15) is 0 Å². The van der Waals surface area contributed by atoms with Crippen molar-refractivity contribution in [1.29, 1.82) is 0 Å². The van der Waals surface area contributed by atoms with Crippen LogP contribution in [0, 0.1) is 0 Å². The van der Waals surface area contributed by atoms with Crippen LogP contribution in [-0.4, -0.2) is 60.6 Å². The summed E-state index contributed by atoms with van der Waals surface area (Å²) in [6, 6.07) is 2.50. The molecule has 2 heterocycles. The fraction of sp³-hybridized carbons (Fsp3) is 1.00. The van der Waals surface area contributed by atoms with Crippen molar-refractivity contribution in [2.75, 3.05) is 32.7 Å². The molecule has 0 spiro atoms. The second kappa shape index (κ2) is 6.55. The summed E-state index contributed by atoms with van der Waals surface area (Å²) in [4.78, 5) is 5.56. The maximum atomic E-state index is 3.76. The molecule has 2 saturated heterocycles. The molecule has 3 fully saturated rings. The summed E-state index contributed by atoms with van der Waals surface area (Å²) in [5.74, 6) is 0. The minimum atomic E-state index is 0.783. The third-order valence-electron chi connectivity index (χ3n) is 5.19. The smallest absolute Gasteiger partial charge is 0.0223 e. The summed E-state index contributed by atoms with van der Waals surface area (Å²) >= 11 is 0. The molecule has 1 saturated carbocycles. The van der Waals surface area contributed by atoms with E-state index in [4.69, 9.17) is 0 Å². The average molecular weight is 265 g/mol. The van der Waals surface area contributed by atoms with Gasteiger partial charge in [-0.15, -0.1) is 0 Å². The first kappa shape index (κ1) is 13.8. The highest BCUT2D eigenvalue weighted by Gasteiger charge is 2.31. The van der Waals surface area contributed by atoms with Crippen LogP contribution in [0.2, 0.25) is 0 Å². The molecule has 2 unspecified atom stereocenters. The van der Waals surface area contributed by atoms with Gasteiger partial charge in [-0.25, -0.2) is 0 Å². The molecule has 1 N–H and O–H groups in total. The van der Waals surface area contributed by atoms with Crippen LogP contribution in [0.3, 0.4) is 0 Å². The van der Waals surface area contributed by atoms with Gasteiger partial charge in [0.2, 0.25) is 0 Å². The first-order valence-corrected chi connectivity index (χ1v) is 8.58. The van der Waals surface area contributed by atoms with E-state index in [1.807, 2.05) is 0 Å². The summed E-state index contributed by atoms with van der Waals surface area (Å²) in [6.45, 7) is 8.92. The van der Waals surface area contributed by atoms with Gasteiger partial charge in [0.05, 0.1) is 0 Å². The fourth-order valence-electron chi connectivity index (χ4n) is 3.90. The molecular formula is C16H31N3. The molecule has 19 heavy (non-hydrogen) atoms. The lowest BCUT2D eigenvalue weighted by atomic mass is 10.1. The number of hydrogen-bond donors (Lipinski definition) is 1. The normalized spacial score (nSPS) is 31.1. The van der Waals surface area contributed by atoms with Gasteiger partial charge in [-0.1, -0.05) is 13.3 Å². The van der Waals surface area contributed by atoms with Crippen molar-refractivity contribution >= 4 is 0 Å². The first-order chi connectivity index (χ1) is 9.36. The Morgan fingerprint density at radius 2 is 1.95 bits per heavy atom. The van der Waals surface area contributed by atoms with Gasteiger partial charge < -0.3 is 5.32 Å². The van der Waals surface area contributed by atoms with Crippen LogP contribution < -0.4 is 5.32 Å². The monoisotopic (exact) mass is 265 g/mol. The summed E-state index contributed by atoms with van der Waals surface area (Å²) in [5, 5.41) is 3.76. The zero-order valence-electron chi connectivity index (χ0n) is 12.6. The Balaban J connectivity index is 1.55. The van der Waals surface area contributed by atoms with Crippen molar-refractivity contribution in [2.45, 2.75) is 70.0 Å². The lowest BCUT2D eigenvalue weighted by Crippen LogP contribution is -2.46. The van der Waals surface area contributed by atoms with Crippen molar-refractivity contribution < 1.29 is 0 Å². The zero-order chi connectivity index (χ0) is 13.1. The molecule has 0 bridgehead atoms. The van der Waals surface area contributed by atoms with Crippen LogP contribution in [0.15, 0.2) is 0 Å². The topological polar surface area (TPSA) is 18.5 Å². The highest BCUT2D eigenvalue weighted by Crippen LogP contribution is 2.24. The molecule has 3 heteroatoms. The molecule has 0 radical (unpaired) electrons. The molecule has 110 valence electrons. The highest BCUT2D eigenvalue weighted by molar-refractivity contribution is 4.89. The molecule has 0 amide bonds. The van der Waals surface area contributed by atoms with E-state index in [0.717, 1.165) is 18.1 Å². The van der Waals surface area contributed by atoms with Gasteiger partial charge in [-0.2, -0.15) is 0 Å². The summed E-state index contributed by atoms with van der Waals surface area (Å²) < 4.78 is 0. The first-order valence-electron chi connectivity index (χ1n) is 8.58. The lowest BCUT2D eigenvalue weighted by Gasteiger charge is -2.33. The molecule has 2 atom stereocenters. The Hall–Kier alpha value is -0.120. The maximum absolute atomic E-state index is 3.76. The Kier molecular flexibility index (Phi) is 4.78. The van der Waals surface area contributed by atoms with Crippen molar-refractivity contribution in [2.24, 2.45) is 0 Å². The van der Waals surface area contributed by atoms with Crippen LogP contribution in [0.25, 0.3) is 0 Å². The molecule has 1 aliphatic carbocycles. The van der Waals surface area contributed by atoms with E-state index >= 15 is 0 Å². The third-order valence-corrected chi connectivity index (χ3v) is 5.19. The lowest BCUT2D eigenvalue weighted by molar-refractivity contribution is 0.161. The Labute approximate surface area is 118 Å². The summed E-state index contributed by atoms with van der Waals surface area (Å²) in [5.41, 5.74) is 0. The largest absolute Gasteiger partial charge is 0.312 e. The Morgan fingerprint density at radius 1 is 1.11 bits per heavy atom. The van der Waals surface area contributed by atoms with Crippen LogP contribution in [0.1, 0.15) is 51.9 Å². The summed E-state index contributed by atoms with van der Waals surface area (Å²) in [6.07, 6.45) is 9.75. The molecule has 0 aromatic carbocycles. The van der Waals surface area contributed by atoms with Crippen molar-refractivity contribution in [3.05, 3.63) is 0 Å². The van der Waals surface area contributed by atoms with Crippen LogP contribution in [0.5, 0.6) is 0 Å². The van der Waals surface area contributed by atoms with Crippen LogP contribution in [0.4, 0.5) is 0 Å². The van der Waals surface area contributed by atoms with Crippen molar-refractivity contribution in [1.82, 2.24) is 15.1 Å². The number of fused-ring (bicyclic) bond motifs is 1. The highest BCUT2D eigenvalue weighted by atomic mass is 15.3. The minimum absolute atomic E-state index is 0.783. The Morgan fingerprint density at radius 3 is 2.74 bits per heavy atom. The van der Waals surface area contributed by atoms with E-state index in [0.29, 0.717) is 0 Å². The van der Waals surface area contributed by atoms with Gasteiger partial charge >= 0.3 is 0 Å². The standard InChI is InChI=1S/C16H31N3/c1-2-5-15(12-17-14-7-8-14)19-11-4-10-18-9-3-6-16(18)13-19/h14-17H,2-13H2,1H3. The van der Waals surface area contributed by atoms with E-state index in [1.54, 1.807) is 0 Å². The fourth-order valence-corrected chi connectivity index (χ4v) is 3.90. The van der Waals surface area contributed by atoms with Crippen molar-refractivity contribution in [3.63, 3.8) is 0 Å². The second-order valence-corrected chi connectivity index (χ2v) is 6.81. The van der Waals surface area contributed by atoms with Crippen LogP contribution >= 0.6 is 0 Å². The quantitative estimate of drug-likeness (QED) is 0.793. The molecule has 3 rings (SSSR count). The number of rotatable bonds is 6. The second-order valence-electron chi connectivity index (χ2n) is 6.81. The van der Waals surface area contributed by atoms with E-state index in [-0.39, 0.29) is 0 Å². The molecular weight excluding hydrogens is 234 g/mol. The van der Waals surface area contributed by atoms with Crippen molar-refractivity contribution in [3.8, 4) is 0 Å². The molecule has 0 aromatic rings. The van der Waals surface area contributed by atoms with Gasteiger partial charge in [0, 0.05) is 31.2 Å². The predicted molar refractivity (Wildman–Crippen MR) is 80.5 cm³/mol. The third kappa shape index (κ3) is 3.71. The van der Waals surface area contributed by atoms with Gasteiger partial charge in [-0.05, 0) is 58.2 Å². The minimum Gasteiger partial charge on any atom is -0.312 e. The number of nitrogens with zero attached hydrogens (tertiary/aromatic N) is 2. The van der Waals surface area contributed by atoms with E-state index in [2.05, 4.69) is 22.0 Å². The van der Waals surface area contributed by atoms with Crippen LogP contribution in [-0.2, 0) is 0 Å². The number of hydrogen-bond acceptors (Lipinski definition) is 3. The Bertz CT molecular complexity index is 277. The zero-order valence-corrected chi connectivity index (χ0v) is 12.6.